The lowest BCUT2D eigenvalue weighted by atomic mass is 9.83. The van der Waals surface area contributed by atoms with Crippen LogP contribution in [-0.2, 0) is 4.79 Å². The van der Waals surface area contributed by atoms with E-state index in [0.717, 1.165) is 47.7 Å². The van der Waals surface area contributed by atoms with Crippen molar-refractivity contribution in [1.82, 2.24) is 5.32 Å². The first-order valence-electron chi connectivity index (χ1n) is 12.7. The number of likely N-dealkylation sites (N-methyl/N-ethyl adjacent to an activating group) is 1. The number of hydrogen-bond donors (Lipinski definition) is 1. The smallest absolute Gasteiger partial charge is 0.244 e. The number of anilines is 1. The Labute approximate surface area is 218 Å². The Bertz CT molecular complexity index is 1030. The van der Waals surface area contributed by atoms with Crippen molar-refractivity contribution in [2.45, 2.75) is 74.0 Å². The average molecular weight is 517 g/mol. The van der Waals surface area contributed by atoms with E-state index in [1.165, 1.54) is 43.9 Å². The second-order valence-corrected chi connectivity index (χ2v) is 11.5. The van der Waals surface area contributed by atoms with Gasteiger partial charge in [0.1, 0.15) is 16.7 Å². The highest BCUT2D eigenvalue weighted by atomic mass is 35.5. The molecule has 190 valence electrons. The minimum atomic E-state index is -0.420. The monoisotopic (exact) mass is 516 g/mol. The van der Waals surface area contributed by atoms with Crippen LogP contribution < -0.4 is 19.7 Å². The number of fused-ring (bicyclic) bond motifs is 1. The average Bonchev–Trinajstić information content (AvgIpc) is 2.86. The number of rotatable bonds is 10. The molecule has 1 amide bonds. The Morgan fingerprint density at radius 2 is 1.91 bits per heavy atom. The van der Waals surface area contributed by atoms with Crippen LogP contribution >= 0.6 is 23.4 Å². The van der Waals surface area contributed by atoms with Crippen LogP contribution in [0.15, 0.2) is 41.3 Å². The molecule has 0 spiro atoms. The second-order valence-electron chi connectivity index (χ2n) is 9.87. The number of ether oxygens (including phenoxy) is 2. The van der Waals surface area contributed by atoms with E-state index in [-0.39, 0.29) is 5.91 Å². The Kier molecular flexibility index (Phi) is 8.90. The van der Waals surface area contributed by atoms with Gasteiger partial charge in [0, 0.05) is 28.1 Å². The molecule has 1 heterocycles. The van der Waals surface area contributed by atoms with Gasteiger partial charge < -0.3 is 19.7 Å². The van der Waals surface area contributed by atoms with Gasteiger partial charge in [0.05, 0.1) is 19.4 Å². The molecule has 0 saturated heterocycles. The van der Waals surface area contributed by atoms with Crippen molar-refractivity contribution in [2.75, 3.05) is 32.2 Å². The minimum Gasteiger partial charge on any atom is -0.497 e. The summed E-state index contributed by atoms with van der Waals surface area (Å²) in [5.41, 5.74) is 2.04. The van der Waals surface area contributed by atoms with Crippen LogP contribution in [0.25, 0.3) is 0 Å². The Balaban J connectivity index is 1.36. The Hall–Kier alpha value is -1.89. The normalized spacial score (nSPS) is 19.4. The molecule has 1 aliphatic carbocycles. The first kappa shape index (κ1) is 26.2. The molecule has 0 radical (unpaired) electrons. The standard InChI is InChI=1S/C28H37ClN2O3S/c1-28(14-6-4-7-15-28)30-16-8-5-9-17-34-24-13-11-21(33-3)19-22(24)26-27(32)31(2)23-12-10-20(29)18-25(23)35-26/h10-13,18-19,26,30H,4-9,14-17H2,1-3H3. The molecule has 1 fully saturated rings. The summed E-state index contributed by atoms with van der Waals surface area (Å²) < 4.78 is 11.7. The molecule has 35 heavy (non-hydrogen) atoms. The molecule has 1 saturated carbocycles. The maximum Gasteiger partial charge on any atom is 0.244 e. The van der Waals surface area contributed by atoms with Crippen LogP contribution in [0, 0.1) is 0 Å². The van der Waals surface area contributed by atoms with E-state index in [2.05, 4.69) is 12.2 Å². The lowest BCUT2D eigenvalue weighted by Gasteiger charge is -2.34. The predicted octanol–water partition coefficient (Wildman–Crippen LogP) is 7.02. The first-order valence-corrected chi connectivity index (χ1v) is 14.0. The van der Waals surface area contributed by atoms with Crippen LogP contribution in [0.5, 0.6) is 11.5 Å². The lowest BCUT2D eigenvalue weighted by Crippen LogP contribution is -2.44. The molecule has 1 aliphatic heterocycles. The van der Waals surface area contributed by atoms with Crippen LogP contribution in [0.4, 0.5) is 5.69 Å². The third kappa shape index (κ3) is 6.46. The maximum absolute atomic E-state index is 13.3. The van der Waals surface area contributed by atoms with Crippen molar-refractivity contribution < 1.29 is 14.3 Å². The molecule has 1 N–H and O–H groups in total. The van der Waals surface area contributed by atoms with Crippen LogP contribution in [0.2, 0.25) is 5.02 Å². The zero-order chi connectivity index (χ0) is 24.8. The summed E-state index contributed by atoms with van der Waals surface area (Å²) in [5.74, 6) is 1.47. The number of amides is 1. The quantitative estimate of drug-likeness (QED) is 0.344. The van der Waals surface area contributed by atoms with E-state index >= 15 is 0 Å². The van der Waals surface area contributed by atoms with Crippen molar-refractivity contribution in [2.24, 2.45) is 0 Å². The number of thioether (sulfide) groups is 1. The summed E-state index contributed by atoms with van der Waals surface area (Å²) in [6, 6.07) is 11.4. The topological polar surface area (TPSA) is 50.8 Å². The highest BCUT2D eigenvalue weighted by molar-refractivity contribution is 8.00. The SMILES string of the molecule is COc1ccc(OCCCCCNC2(C)CCCCC2)c(C2Sc3cc(Cl)ccc3N(C)C2=O)c1. The summed E-state index contributed by atoms with van der Waals surface area (Å²) >= 11 is 7.75. The number of benzene rings is 2. The van der Waals surface area contributed by atoms with Crippen LogP contribution in [-0.4, -0.2) is 38.8 Å². The predicted molar refractivity (Wildman–Crippen MR) is 145 cm³/mol. The van der Waals surface area contributed by atoms with Gasteiger partial charge in [-0.15, -0.1) is 11.8 Å². The first-order chi connectivity index (χ1) is 16.9. The van der Waals surface area contributed by atoms with Gasteiger partial charge in [0.15, 0.2) is 0 Å². The number of carbonyl (C=O) groups is 1. The van der Waals surface area contributed by atoms with Crippen molar-refractivity contribution in [1.29, 1.82) is 0 Å². The minimum absolute atomic E-state index is 0.0187. The third-order valence-corrected chi connectivity index (χ3v) is 8.68. The van der Waals surface area contributed by atoms with E-state index in [4.69, 9.17) is 21.1 Å². The summed E-state index contributed by atoms with van der Waals surface area (Å²) in [6.45, 7) is 4.06. The van der Waals surface area contributed by atoms with Crippen molar-refractivity contribution in [3.63, 3.8) is 0 Å². The van der Waals surface area contributed by atoms with Gasteiger partial charge in [-0.1, -0.05) is 30.9 Å². The fourth-order valence-electron chi connectivity index (χ4n) is 5.00. The van der Waals surface area contributed by atoms with E-state index in [9.17, 15) is 4.79 Å². The summed E-state index contributed by atoms with van der Waals surface area (Å²) in [5, 5.41) is 4.02. The van der Waals surface area contributed by atoms with Crippen molar-refractivity contribution in [3.8, 4) is 11.5 Å². The molecule has 1 atom stereocenters. The maximum atomic E-state index is 13.3. The number of nitrogens with zero attached hydrogens (tertiary/aromatic N) is 1. The van der Waals surface area contributed by atoms with Gasteiger partial charge in [0.2, 0.25) is 5.91 Å². The molecule has 0 bridgehead atoms. The molecule has 2 aliphatic rings. The molecule has 1 unspecified atom stereocenters. The number of methoxy groups -OCH3 is 1. The molecule has 5 nitrogen and oxygen atoms in total. The van der Waals surface area contributed by atoms with Crippen molar-refractivity contribution >= 4 is 35.0 Å². The van der Waals surface area contributed by atoms with E-state index in [0.29, 0.717) is 22.9 Å². The zero-order valence-electron chi connectivity index (χ0n) is 21.1. The molecule has 2 aromatic carbocycles. The fourth-order valence-corrected chi connectivity index (χ4v) is 6.58. The lowest BCUT2D eigenvalue weighted by molar-refractivity contribution is -0.118. The third-order valence-electron chi connectivity index (χ3n) is 7.17. The van der Waals surface area contributed by atoms with Gasteiger partial charge in [-0.05, 0) is 82.0 Å². The van der Waals surface area contributed by atoms with Crippen LogP contribution in [0.3, 0.4) is 0 Å². The van der Waals surface area contributed by atoms with E-state index < -0.39 is 5.25 Å². The molecule has 0 aromatic heterocycles. The summed E-state index contributed by atoms with van der Waals surface area (Å²) in [4.78, 5) is 16.0. The van der Waals surface area contributed by atoms with Gasteiger partial charge in [-0.2, -0.15) is 0 Å². The molecular formula is C28H37ClN2O3S. The van der Waals surface area contributed by atoms with Gasteiger partial charge in [0.25, 0.3) is 0 Å². The highest BCUT2D eigenvalue weighted by Gasteiger charge is 2.35. The Morgan fingerprint density at radius 3 is 2.69 bits per heavy atom. The van der Waals surface area contributed by atoms with Gasteiger partial charge >= 0.3 is 0 Å². The molecule has 2 aromatic rings. The number of hydrogen-bond acceptors (Lipinski definition) is 5. The van der Waals surface area contributed by atoms with E-state index in [1.54, 1.807) is 12.0 Å². The van der Waals surface area contributed by atoms with Crippen molar-refractivity contribution in [3.05, 3.63) is 47.0 Å². The molecular weight excluding hydrogens is 480 g/mol. The molecule has 4 rings (SSSR count). The number of halogens is 1. The largest absolute Gasteiger partial charge is 0.497 e. The number of carbonyl (C=O) groups excluding carboxylic acids is 1. The number of nitrogens with one attached hydrogen (secondary N) is 1. The Morgan fingerprint density at radius 1 is 1.11 bits per heavy atom. The van der Waals surface area contributed by atoms with Gasteiger partial charge in [-0.3, -0.25) is 4.79 Å². The highest BCUT2D eigenvalue weighted by Crippen LogP contribution is 2.49. The number of unbranched alkanes of at least 4 members (excludes halogenated alkanes) is 2. The fraction of sp³-hybridized carbons (Fsp3) is 0.536. The van der Waals surface area contributed by atoms with Crippen LogP contribution in [0.1, 0.15) is 69.1 Å². The van der Waals surface area contributed by atoms with E-state index in [1.807, 2.05) is 43.4 Å². The zero-order valence-corrected chi connectivity index (χ0v) is 22.6. The summed E-state index contributed by atoms with van der Waals surface area (Å²) in [7, 11) is 3.45. The summed E-state index contributed by atoms with van der Waals surface area (Å²) in [6.07, 6.45) is 9.89. The van der Waals surface area contributed by atoms with Gasteiger partial charge in [-0.25, -0.2) is 0 Å². The molecule has 7 heteroatoms. The second kappa shape index (κ2) is 11.9.